The molecule has 1 aliphatic rings. The Morgan fingerprint density at radius 2 is 1.72 bits per heavy atom. The molecule has 3 atom stereocenters. The lowest BCUT2D eigenvalue weighted by atomic mass is 10.00. The van der Waals surface area contributed by atoms with Crippen LogP contribution in [0.5, 0.6) is 5.75 Å². The van der Waals surface area contributed by atoms with Crippen LogP contribution in [0.4, 0.5) is 0 Å². The number of hydrogen-bond donors (Lipinski definition) is 2. The lowest BCUT2D eigenvalue weighted by Gasteiger charge is -2.09. The van der Waals surface area contributed by atoms with Gasteiger partial charge in [0.2, 0.25) is 0 Å². The van der Waals surface area contributed by atoms with Crippen molar-refractivity contribution in [2.75, 3.05) is 13.7 Å². The zero-order valence-electron chi connectivity index (χ0n) is 13.5. The zero-order chi connectivity index (χ0) is 18.2. The minimum absolute atomic E-state index is 0.0510. The predicted molar refractivity (Wildman–Crippen MR) is 90.3 cm³/mol. The van der Waals surface area contributed by atoms with Gasteiger partial charge >= 0.3 is 5.97 Å². The minimum atomic E-state index is -3.92. The first-order valence-corrected chi connectivity index (χ1v) is 9.21. The lowest BCUT2D eigenvalue weighted by Crippen LogP contribution is -2.27. The van der Waals surface area contributed by atoms with Crippen molar-refractivity contribution in [2.45, 2.75) is 16.1 Å². The third kappa shape index (κ3) is 2.60. The van der Waals surface area contributed by atoms with Crippen molar-refractivity contribution < 1.29 is 28.2 Å². The Kier molecular flexibility index (Phi) is 4.30. The summed E-state index contributed by atoms with van der Waals surface area (Å²) < 4.78 is 31.0. The second-order valence-corrected chi connectivity index (χ2v) is 8.10. The molecule has 25 heavy (non-hydrogen) atoms. The molecule has 0 aromatic heterocycles. The summed E-state index contributed by atoms with van der Waals surface area (Å²) >= 11 is 0. The SMILES string of the molecule is COc1ccc(C2C(S(=O)(=O)c3ccccc3)C2(CO)C(=O)O)cc1. The van der Waals surface area contributed by atoms with Crippen molar-refractivity contribution in [2.24, 2.45) is 5.41 Å². The van der Waals surface area contributed by atoms with Crippen molar-refractivity contribution >= 4 is 15.8 Å². The van der Waals surface area contributed by atoms with E-state index in [4.69, 9.17) is 4.74 Å². The summed E-state index contributed by atoms with van der Waals surface area (Å²) in [7, 11) is -2.41. The number of carboxylic acid groups (broad SMARTS) is 1. The van der Waals surface area contributed by atoms with Gasteiger partial charge in [0.05, 0.1) is 23.9 Å². The summed E-state index contributed by atoms with van der Waals surface area (Å²) in [5.74, 6) is -1.57. The van der Waals surface area contributed by atoms with Crippen LogP contribution in [0.15, 0.2) is 59.5 Å². The quantitative estimate of drug-likeness (QED) is 0.811. The van der Waals surface area contributed by atoms with Gasteiger partial charge in [-0.2, -0.15) is 0 Å². The number of rotatable bonds is 6. The van der Waals surface area contributed by atoms with Crippen molar-refractivity contribution in [1.82, 2.24) is 0 Å². The average Bonchev–Trinajstić information content (AvgIpc) is 3.34. The van der Waals surface area contributed by atoms with E-state index in [-0.39, 0.29) is 4.90 Å². The molecular formula is C18H18O6S. The van der Waals surface area contributed by atoms with Crippen LogP contribution in [0.3, 0.4) is 0 Å². The Labute approximate surface area is 145 Å². The molecule has 2 N–H and O–H groups in total. The highest BCUT2D eigenvalue weighted by Gasteiger charge is 2.75. The van der Waals surface area contributed by atoms with Crippen molar-refractivity contribution in [3.63, 3.8) is 0 Å². The van der Waals surface area contributed by atoms with Crippen LogP contribution in [0.2, 0.25) is 0 Å². The summed E-state index contributed by atoms with van der Waals surface area (Å²) in [5.41, 5.74) is -1.20. The average molecular weight is 362 g/mol. The molecule has 0 bridgehead atoms. The smallest absolute Gasteiger partial charge is 0.314 e. The number of ether oxygens (including phenoxy) is 1. The minimum Gasteiger partial charge on any atom is -0.497 e. The molecule has 0 spiro atoms. The van der Waals surface area contributed by atoms with E-state index in [0.29, 0.717) is 11.3 Å². The largest absolute Gasteiger partial charge is 0.497 e. The summed E-state index contributed by atoms with van der Waals surface area (Å²) in [6, 6.07) is 14.3. The maximum atomic E-state index is 13.0. The number of sulfone groups is 1. The number of methoxy groups -OCH3 is 1. The molecule has 2 aromatic carbocycles. The molecule has 2 aromatic rings. The van der Waals surface area contributed by atoms with Crippen molar-refractivity contribution in [3.8, 4) is 5.75 Å². The molecule has 1 saturated carbocycles. The summed E-state index contributed by atoms with van der Waals surface area (Å²) in [6.45, 7) is -0.754. The van der Waals surface area contributed by atoms with Crippen LogP contribution in [-0.4, -0.2) is 43.6 Å². The van der Waals surface area contributed by atoms with Gasteiger partial charge in [-0.3, -0.25) is 4.79 Å². The van der Waals surface area contributed by atoms with Crippen LogP contribution in [-0.2, 0) is 14.6 Å². The molecule has 6 nitrogen and oxygen atoms in total. The van der Waals surface area contributed by atoms with E-state index in [1.165, 1.54) is 19.2 Å². The summed E-state index contributed by atoms with van der Waals surface area (Å²) in [4.78, 5) is 11.9. The number of carbonyl (C=O) groups is 1. The molecule has 0 heterocycles. The molecule has 0 amide bonds. The van der Waals surface area contributed by atoms with E-state index in [0.717, 1.165) is 0 Å². The number of aliphatic hydroxyl groups excluding tert-OH is 1. The first kappa shape index (κ1) is 17.4. The fraction of sp³-hybridized carbons (Fsp3) is 0.278. The molecule has 1 fully saturated rings. The first-order chi connectivity index (χ1) is 11.9. The highest BCUT2D eigenvalue weighted by atomic mass is 32.2. The van der Waals surface area contributed by atoms with Gasteiger partial charge in [-0.05, 0) is 29.8 Å². The van der Waals surface area contributed by atoms with E-state index in [2.05, 4.69) is 0 Å². The summed E-state index contributed by atoms with van der Waals surface area (Å²) in [5, 5.41) is 18.2. The molecule has 0 radical (unpaired) electrons. The molecule has 3 rings (SSSR count). The topological polar surface area (TPSA) is 101 Å². The van der Waals surface area contributed by atoms with Crippen LogP contribution >= 0.6 is 0 Å². The third-order valence-electron chi connectivity index (χ3n) is 4.80. The maximum absolute atomic E-state index is 13.0. The lowest BCUT2D eigenvalue weighted by molar-refractivity contribution is -0.145. The van der Waals surface area contributed by atoms with Crippen molar-refractivity contribution in [3.05, 3.63) is 60.2 Å². The van der Waals surface area contributed by atoms with Gasteiger partial charge in [0.1, 0.15) is 11.2 Å². The third-order valence-corrected chi connectivity index (χ3v) is 7.09. The van der Waals surface area contributed by atoms with Crippen LogP contribution in [0, 0.1) is 5.41 Å². The molecule has 3 unspecified atom stereocenters. The van der Waals surface area contributed by atoms with Gasteiger partial charge < -0.3 is 14.9 Å². The van der Waals surface area contributed by atoms with Crippen LogP contribution in [0.1, 0.15) is 11.5 Å². The Bertz CT molecular complexity index is 876. The fourth-order valence-electron chi connectivity index (χ4n) is 3.41. The number of benzene rings is 2. The monoisotopic (exact) mass is 362 g/mol. The normalized spacial score (nSPS) is 25.4. The van der Waals surface area contributed by atoms with Crippen molar-refractivity contribution in [1.29, 1.82) is 0 Å². The summed E-state index contributed by atoms with van der Waals surface area (Å²) in [6.07, 6.45) is 0. The van der Waals surface area contributed by atoms with Gasteiger partial charge in [-0.25, -0.2) is 8.42 Å². The standard InChI is InChI=1S/C18H18O6S/c1-24-13-9-7-12(8-10-13)15-16(18(15,11-19)17(20)21)25(22,23)14-5-3-2-4-6-14/h2-10,15-16,19H,11H2,1H3,(H,20,21). The molecule has 7 heteroatoms. The Morgan fingerprint density at radius 1 is 1.12 bits per heavy atom. The van der Waals surface area contributed by atoms with Gasteiger partial charge in [0.25, 0.3) is 0 Å². The van der Waals surface area contributed by atoms with E-state index < -0.39 is 39.0 Å². The maximum Gasteiger partial charge on any atom is 0.314 e. The highest BCUT2D eigenvalue weighted by molar-refractivity contribution is 7.92. The van der Waals surface area contributed by atoms with Gasteiger partial charge in [0.15, 0.2) is 9.84 Å². The zero-order valence-corrected chi connectivity index (χ0v) is 14.3. The number of carboxylic acids is 1. The Balaban J connectivity index is 2.08. The number of hydrogen-bond acceptors (Lipinski definition) is 5. The van der Waals surface area contributed by atoms with Gasteiger partial charge in [-0.1, -0.05) is 30.3 Å². The van der Waals surface area contributed by atoms with Gasteiger partial charge in [-0.15, -0.1) is 0 Å². The molecule has 0 saturated heterocycles. The van der Waals surface area contributed by atoms with E-state index in [1.54, 1.807) is 42.5 Å². The molecule has 132 valence electrons. The number of aliphatic carboxylic acids is 1. The molecule has 1 aliphatic carbocycles. The Morgan fingerprint density at radius 3 is 2.20 bits per heavy atom. The van der Waals surface area contributed by atoms with E-state index in [9.17, 15) is 23.4 Å². The van der Waals surface area contributed by atoms with E-state index in [1.807, 2.05) is 0 Å². The van der Waals surface area contributed by atoms with E-state index >= 15 is 0 Å². The van der Waals surface area contributed by atoms with Crippen LogP contribution in [0.25, 0.3) is 0 Å². The second-order valence-electron chi connectivity index (χ2n) is 6.03. The fourth-order valence-corrected chi connectivity index (χ4v) is 5.80. The predicted octanol–water partition coefficient (Wildman–Crippen LogP) is 1.70. The van der Waals surface area contributed by atoms with Crippen LogP contribution < -0.4 is 4.74 Å². The van der Waals surface area contributed by atoms with Gasteiger partial charge in [0, 0.05) is 5.92 Å². The molecular weight excluding hydrogens is 344 g/mol. The Hall–Kier alpha value is -2.38. The highest BCUT2D eigenvalue weighted by Crippen LogP contribution is 2.64. The first-order valence-electron chi connectivity index (χ1n) is 7.66. The molecule has 0 aliphatic heterocycles. The number of aliphatic hydroxyl groups is 1. The second kappa shape index (κ2) is 6.16.